The maximum absolute atomic E-state index is 12.5. The molecule has 3 aromatic rings. The van der Waals surface area contributed by atoms with Crippen molar-refractivity contribution in [2.45, 2.75) is 32.9 Å². The number of aliphatic hydroxyl groups is 1. The summed E-state index contributed by atoms with van der Waals surface area (Å²) in [6, 6.07) is 15.4. The highest BCUT2D eigenvalue weighted by Crippen LogP contribution is 2.17. The highest BCUT2D eigenvalue weighted by atomic mass is 16.5. The van der Waals surface area contributed by atoms with E-state index in [9.17, 15) is 9.90 Å². The van der Waals surface area contributed by atoms with Gasteiger partial charge >= 0.3 is 0 Å². The van der Waals surface area contributed by atoms with Crippen molar-refractivity contribution in [3.8, 4) is 5.75 Å². The summed E-state index contributed by atoms with van der Waals surface area (Å²) in [6.07, 6.45) is 0.173. The number of aromatic nitrogens is 3. The lowest BCUT2D eigenvalue weighted by Gasteiger charge is -2.12. The van der Waals surface area contributed by atoms with Gasteiger partial charge in [-0.25, -0.2) is 4.68 Å². The molecule has 0 radical (unpaired) electrons. The Balaban J connectivity index is 1.60. The van der Waals surface area contributed by atoms with E-state index in [1.54, 1.807) is 36.1 Å². The first-order valence-corrected chi connectivity index (χ1v) is 9.60. The number of carbonyl (C=O) groups is 1. The number of ether oxygens (including phenoxy) is 1. The maximum atomic E-state index is 12.5. The normalized spacial score (nSPS) is 11.9. The predicted molar refractivity (Wildman–Crippen MR) is 110 cm³/mol. The van der Waals surface area contributed by atoms with Crippen molar-refractivity contribution >= 4 is 5.91 Å². The second-order valence-electron chi connectivity index (χ2n) is 6.85. The van der Waals surface area contributed by atoms with Gasteiger partial charge in [-0.1, -0.05) is 48.5 Å². The standard InChI is InChI=1S/C22H26N4O3/c1-4-16-5-7-17(8-6-16)14-26-15(2)21(24-25-26)22(28)23-13-20(27)18-9-11-19(29-3)12-10-18/h5-12,20,27H,4,13-14H2,1-3H3,(H,23,28). The summed E-state index contributed by atoms with van der Waals surface area (Å²) in [6.45, 7) is 4.56. The molecular formula is C22H26N4O3. The van der Waals surface area contributed by atoms with E-state index in [0.29, 0.717) is 23.6 Å². The molecule has 2 aromatic carbocycles. The van der Waals surface area contributed by atoms with Crippen LogP contribution in [0.25, 0.3) is 0 Å². The topological polar surface area (TPSA) is 89.3 Å². The number of aryl methyl sites for hydroxylation is 1. The van der Waals surface area contributed by atoms with Gasteiger partial charge in [-0.05, 0) is 42.2 Å². The fraction of sp³-hybridized carbons (Fsp3) is 0.318. The average Bonchev–Trinajstić information content (AvgIpc) is 3.12. The van der Waals surface area contributed by atoms with Gasteiger partial charge in [0.15, 0.2) is 5.69 Å². The molecule has 2 N–H and O–H groups in total. The molecule has 152 valence electrons. The molecule has 1 atom stereocenters. The van der Waals surface area contributed by atoms with Crippen LogP contribution in [0.5, 0.6) is 5.75 Å². The quantitative estimate of drug-likeness (QED) is 0.613. The van der Waals surface area contributed by atoms with Gasteiger partial charge in [-0.3, -0.25) is 4.79 Å². The largest absolute Gasteiger partial charge is 0.497 e. The number of amides is 1. The number of carbonyl (C=O) groups excluding carboxylic acids is 1. The Hall–Kier alpha value is -3.19. The van der Waals surface area contributed by atoms with Crippen LogP contribution in [0.3, 0.4) is 0 Å². The molecule has 0 saturated heterocycles. The fourth-order valence-electron chi connectivity index (χ4n) is 2.99. The molecule has 1 aromatic heterocycles. The Morgan fingerprint density at radius 3 is 2.41 bits per heavy atom. The molecule has 0 aliphatic carbocycles. The average molecular weight is 394 g/mol. The number of hydrogen-bond acceptors (Lipinski definition) is 5. The lowest BCUT2D eigenvalue weighted by atomic mass is 10.1. The summed E-state index contributed by atoms with van der Waals surface area (Å²) in [5.74, 6) is 0.351. The van der Waals surface area contributed by atoms with Gasteiger partial charge in [-0.2, -0.15) is 0 Å². The van der Waals surface area contributed by atoms with Crippen LogP contribution in [0.15, 0.2) is 48.5 Å². The zero-order chi connectivity index (χ0) is 20.8. The van der Waals surface area contributed by atoms with Crippen LogP contribution in [0.4, 0.5) is 0 Å². The third-order valence-corrected chi connectivity index (χ3v) is 4.92. The van der Waals surface area contributed by atoms with E-state index in [4.69, 9.17) is 4.74 Å². The van der Waals surface area contributed by atoms with E-state index >= 15 is 0 Å². The number of aliphatic hydroxyl groups excluding tert-OH is 1. The summed E-state index contributed by atoms with van der Waals surface area (Å²) >= 11 is 0. The van der Waals surface area contributed by atoms with Gasteiger partial charge in [0.05, 0.1) is 25.5 Å². The number of nitrogens with one attached hydrogen (secondary N) is 1. The Morgan fingerprint density at radius 2 is 1.79 bits per heavy atom. The lowest BCUT2D eigenvalue weighted by Crippen LogP contribution is -2.29. The lowest BCUT2D eigenvalue weighted by molar-refractivity contribution is 0.0910. The van der Waals surface area contributed by atoms with Crippen LogP contribution in [0, 0.1) is 6.92 Å². The molecule has 1 heterocycles. The number of rotatable bonds is 8. The van der Waals surface area contributed by atoms with Gasteiger partial charge in [0.1, 0.15) is 5.75 Å². The highest BCUT2D eigenvalue weighted by molar-refractivity contribution is 5.93. The van der Waals surface area contributed by atoms with E-state index in [0.717, 1.165) is 12.0 Å². The van der Waals surface area contributed by atoms with E-state index in [2.05, 4.69) is 46.8 Å². The zero-order valence-corrected chi connectivity index (χ0v) is 16.9. The number of hydrogen-bond donors (Lipinski definition) is 2. The van der Waals surface area contributed by atoms with Gasteiger partial charge in [0, 0.05) is 6.54 Å². The second kappa shape index (κ2) is 9.34. The SMILES string of the molecule is CCc1ccc(Cn2nnc(C(=O)NCC(O)c3ccc(OC)cc3)c2C)cc1. The molecule has 3 rings (SSSR count). The molecule has 29 heavy (non-hydrogen) atoms. The number of nitrogens with zero attached hydrogens (tertiary/aromatic N) is 3. The smallest absolute Gasteiger partial charge is 0.273 e. The van der Waals surface area contributed by atoms with Crippen LogP contribution < -0.4 is 10.1 Å². The van der Waals surface area contributed by atoms with Crippen molar-refractivity contribution in [1.82, 2.24) is 20.3 Å². The van der Waals surface area contributed by atoms with Crippen LogP contribution in [0.1, 0.15) is 45.9 Å². The van der Waals surface area contributed by atoms with E-state index in [1.165, 1.54) is 5.56 Å². The van der Waals surface area contributed by atoms with Crippen LogP contribution in [-0.4, -0.2) is 39.7 Å². The monoisotopic (exact) mass is 394 g/mol. The molecule has 1 unspecified atom stereocenters. The fourth-order valence-corrected chi connectivity index (χ4v) is 2.99. The minimum absolute atomic E-state index is 0.0793. The van der Waals surface area contributed by atoms with Crippen molar-refractivity contribution in [3.05, 3.63) is 76.6 Å². The van der Waals surface area contributed by atoms with E-state index < -0.39 is 6.10 Å². The molecule has 1 amide bonds. The summed E-state index contributed by atoms with van der Waals surface area (Å²) in [5.41, 5.74) is 4.01. The van der Waals surface area contributed by atoms with Crippen molar-refractivity contribution in [3.63, 3.8) is 0 Å². The summed E-state index contributed by atoms with van der Waals surface area (Å²) in [4.78, 5) is 12.5. The van der Waals surface area contributed by atoms with Crippen LogP contribution in [-0.2, 0) is 13.0 Å². The third-order valence-electron chi connectivity index (χ3n) is 4.92. The van der Waals surface area contributed by atoms with Crippen LogP contribution >= 0.6 is 0 Å². The molecule has 0 bridgehead atoms. The highest BCUT2D eigenvalue weighted by Gasteiger charge is 2.18. The summed E-state index contributed by atoms with van der Waals surface area (Å²) < 4.78 is 6.81. The van der Waals surface area contributed by atoms with Gasteiger partial charge in [0.2, 0.25) is 0 Å². The van der Waals surface area contributed by atoms with Gasteiger partial charge in [-0.15, -0.1) is 5.10 Å². The first kappa shape index (κ1) is 20.5. The molecule has 7 nitrogen and oxygen atoms in total. The molecule has 7 heteroatoms. The van der Waals surface area contributed by atoms with Crippen molar-refractivity contribution in [1.29, 1.82) is 0 Å². The molecular weight excluding hydrogens is 368 g/mol. The predicted octanol–water partition coefficient (Wildman–Crippen LogP) is 2.67. The number of methoxy groups -OCH3 is 1. The zero-order valence-electron chi connectivity index (χ0n) is 16.9. The van der Waals surface area contributed by atoms with Crippen LogP contribution in [0.2, 0.25) is 0 Å². The first-order valence-electron chi connectivity index (χ1n) is 9.60. The maximum Gasteiger partial charge on any atom is 0.273 e. The minimum atomic E-state index is -0.822. The molecule has 0 fully saturated rings. The van der Waals surface area contributed by atoms with Crippen molar-refractivity contribution in [2.75, 3.05) is 13.7 Å². The number of benzene rings is 2. The Labute approximate surface area is 170 Å². The summed E-state index contributed by atoms with van der Waals surface area (Å²) in [7, 11) is 1.58. The van der Waals surface area contributed by atoms with Crippen molar-refractivity contribution in [2.24, 2.45) is 0 Å². The van der Waals surface area contributed by atoms with E-state index in [1.807, 2.05) is 6.92 Å². The van der Waals surface area contributed by atoms with Gasteiger partial charge < -0.3 is 15.2 Å². The van der Waals surface area contributed by atoms with E-state index in [-0.39, 0.29) is 18.1 Å². The Kier molecular flexibility index (Phi) is 6.61. The second-order valence-corrected chi connectivity index (χ2v) is 6.85. The van der Waals surface area contributed by atoms with Crippen molar-refractivity contribution < 1.29 is 14.6 Å². The third kappa shape index (κ3) is 5.00. The molecule has 0 aliphatic heterocycles. The first-order chi connectivity index (χ1) is 14.0. The molecule has 0 saturated carbocycles. The molecule has 0 aliphatic rings. The van der Waals surface area contributed by atoms with Gasteiger partial charge in [0.25, 0.3) is 5.91 Å². The molecule has 0 spiro atoms. The summed E-state index contributed by atoms with van der Waals surface area (Å²) in [5, 5.41) is 21.1. The Morgan fingerprint density at radius 1 is 1.14 bits per heavy atom. The minimum Gasteiger partial charge on any atom is -0.497 e. The Bertz CT molecular complexity index is 949.